The van der Waals surface area contributed by atoms with Crippen LogP contribution in [0.3, 0.4) is 0 Å². The zero-order valence-corrected chi connectivity index (χ0v) is 12.8. The molecule has 0 aliphatic carbocycles. The summed E-state index contributed by atoms with van der Waals surface area (Å²) in [4.78, 5) is 14.3. The van der Waals surface area contributed by atoms with Crippen molar-refractivity contribution in [2.45, 2.75) is 0 Å². The molecule has 1 heterocycles. The predicted molar refractivity (Wildman–Crippen MR) is 82.8 cm³/mol. The second kappa shape index (κ2) is 5.46. The molecule has 3 rings (SSSR count). The highest BCUT2D eigenvalue weighted by atomic mass is 79.9. The van der Waals surface area contributed by atoms with E-state index >= 15 is 0 Å². The SMILES string of the molecule is O=C(c1ccc(Br)c(Cl)c1)N1CCOc2ccccc21. The van der Waals surface area contributed by atoms with Crippen molar-refractivity contribution in [1.29, 1.82) is 0 Å². The Morgan fingerprint density at radius 2 is 2.05 bits per heavy atom. The number of nitrogens with zero attached hydrogens (tertiary/aromatic N) is 1. The first kappa shape index (κ1) is 13.5. The van der Waals surface area contributed by atoms with Gasteiger partial charge in [-0.05, 0) is 46.3 Å². The summed E-state index contributed by atoms with van der Waals surface area (Å²) in [5.74, 6) is 0.658. The summed E-state index contributed by atoms with van der Waals surface area (Å²) in [6, 6.07) is 12.7. The molecule has 0 spiro atoms. The smallest absolute Gasteiger partial charge is 0.258 e. The number of hydrogen-bond acceptors (Lipinski definition) is 2. The predicted octanol–water partition coefficient (Wildman–Crippen LogP) is 4.14. The number of hydrogen-bond donors (Lipinski definition) is 0. The Morgan fingerprint density at radius 3 is 2.85 bits per heavy atom. The standard InChI is InChI=1S/C15H11BrClNO2/c16-11-6-5-10(9-12(11)17)15(19)18-7-8-20-14-4-2-1-3-13(14)18/h1-6,9H,7-8H2. The van der Waals surface area contributed by atoms with Gasteiger partial charge in [-0.3, -0.25) is 4.79 Å². The molecule has 1 aliphatic heterocycles. The van der Waals surface area contributed by atoms with Crippen LogP contribution in [0, 0.1) is 0 Å². The molecule has 102 valence electrons. The number of amides is 1. The van der Waals surface area contributed by atoms with Gasteiger partial charge in [0.05, 0.1) is 17.3 Å². The summed E-state index contributed by atoms with van der Waals surface area (Å²) >= 11 is 9.38. The highest BCUT2D eigenvalue weighted by molar-refractivity contribution is 9.10. The second-order valence-electron chi connectivity index (χ2n) is 4.40. The van der Waals surface area contributed by atoms with Crippen LogP contribution in [0.2, 0.25) is 5.02 Å². The van der Waals surface area contributed by atoms with Crippen molar-refractivity contribution >= 4 is 39.1 Å². The molecule has 2 aromatic carbocycles. The number of para-hydroxylation sites is 2. The lowest BCUT2D eigenvalue weighted by atomic mass is 10.1. The number of halogens is 2. The van der Waals surface area contributed by atoms with E-state index in [1.54, 1.807) is 23.1 Å². The van der Waals surface area contributed by atoms with Gasteiger partial charge in [0.1, 0.15) is 12.4 Å². The molecule has 5 heteroatoms. The summed E-state index contributed by atoms with van der Waals surface area (Å²) in [6.07, 6.45) is 0. The number of rotatable bonds is 1. The fraction of sp³-hybridized carbons (Fsp3) is 0.133. The Bertz CT molecular complexity index is 675. The van der Waals surface area contributed by atoms with Gasteiger partial charge in [0.15, 0.2) is 0 Å². The molecule has 0 aromatic heterocycles. The van der Waals surface area contributed by atoms with E-state index in [1.807, 2.05) is 24.3 Å². The van der Waals surface area contributed by atoms with Gasteiger partial charge in [0.25, 0.3) is 5.91 Å². The van der Waals surface area contributed by atoms with Gasteiger partial charge in [-0.1, -0.05) is 23.7 Å². The molecular weight excluding hydrogens is 342 g/mol. The number of fused-ring (bicyclic) bond motifs is 1. The molecule has 0 saturated carbocycles. The van der Waals surface area contributed by atoms with E-state index in [4.69, 9.17) is 16.3 Å². The first-order valence-electron chi connectivity index (χ1n) is 6.15. The average molecular weight is 353 g/mol. The van der Waals surface area contributed by atoms with Crippen molar-refractivity contribution < 1.29 is 9.53 Å². The number of carbonyl (C=O) groups is 1. The highest BCUT2D eigenvalue weighted by Crippen LogP contribution is 2.32. The van der Waals surface area contributed by atoms with Crippen molar-refractivity contribution in [3.8, 4) is 5.75 Å². The van der Waals surface area contributed by atoms with Gasteiger partial charge in [-0.2, -0.15) is 0 Å². The zero-order valence-electron chi connectivity index (χ0n) is 10.5. The minimum atomic E-state index is -0.0739. The van der Waals surface area contributed by atoms with Crippen molar-refractivity contribution in [3.05, 3.63) is 57.5 Å². The minimum Gasteiger partial charge on any atom is -0.490 e. The molecule has 3 nitrogen and oxygen atoms in total. The lowest BCUT2D eigenvalue weighted by molar-refractivity contribution is 0.0976. The van der Waals surface area contributed by atoms with E-state index in [-0.39, 0.29) is 5.91 Å². The first-order valence-corrected chi connectivity index (χ1v) is 7.32. The molecule has 0 N–H and O–H groups in total. The lowest BCUT2D eigenvalue weighted by Gasteiger charge is -2.29. The van der Waals surface area contributed by atoms with Crippen molar-refractivity contribution in [2.75, 3.05) is 18.1 Å². The van der Waals surface area contributed by atoms with Crippen molar-refractivity contribution in [3.63, 3.8) is 0 Å². The largest absolute Gasteiger partial charge is 0.490 e. The molecule has 1 aliphatic rings. The molecule has 20 heavy (non-hydrogen) atoms. The monoisotopic (exact) mass is 351 g/mol. The molecule has 0 unspecified atom stereocenters. The molecule has 0 atom stereocenters. The van der Waals surface area contributed by atoms with E-state index in [0.29, 0.717) is 23.7 Å². The Hall–Kier alpha value is -1.52. The van der Waals surface area contributed by atoms with Crippen LogP contribution in [-0.4, -0.2) is 19.1 Å². The summed E-state index contributed by atoms with van der Waals surface area (Å²) in [7, 11) is 0. The molecule has 0 radical (unpaired) electrons. The Balaban J connectivity index is 1.97. The van der Waals surface area contributed by atoms with Crippen LogP contribution in [0.15, 0.2) is 46.9 Å². The van der Waals surface area contributed by atoms with E-state index in [0.717, 1.165) is 15.9 Å². The van der Waals surface area contributed by atoms with E-state index in [2.05, 4.69) is 15.9 Å². The summed E-state index contributed by atoms with van der Waals surface area (Å²) in [5.41, 5.74) is 1.36. The van der Waals surface area contributed by atoms with Crippen LogP contribution < -0.4 is 9.64 Å². The molecule has 0 fully saturated rings. The Kier molecular flexibility index (Phi) is 3.68. The van der Waals surface area contributed by atoms with E-state index in [9.17, 15) is 4.79 Å². The summed E-state index contributed by atoms with van der Waals surface area (Å²) in [6.45, 7) is 1.02. The fourth-order valence-electron chi connectivity index (χ4n) is 2.17. The number of benzene rings is 2. The first-order chi connectivity index (χ1) is 9.66. The van der Waals surface area contributed by atoms with Crippen molar-refractivity contribution in [1.82, 2.24) is 0 Å². The van der Waals surface area contributed by atoms with E-state index < -0.39 is 0 Å². The zero-order chi connectivity index (χ0) is 14.1. The lowest BCUT2D eigenvalue weighted by Crippen LogP contribution is -2.37. The normalized spacial score (nSPS) is 13.6. The van der Waals surface area contributed by atoms with Crippen LogP contribution >= 0.6 is 27.5 Å². The Labute approximate surface area is 130 Å². The van der Waals surface area contributed by atoms with Crippen LogP contribution in [0.5, 0.6) is 5.75 Å². The summed E-state index contributed by atoms with van der Waals surface area (Å²) in [5, 5.41) is 0.525. The van der Waals surface area contributed by atoms with Gasteiger partial charge in [-0.15, -0.1) is 0 Å². The molecule has 0 bridgehead atoms. The molecule has 2 aromatic rings. The third-order valence-electron chi connectivity index (χ3n) is 3.14. The maximum absolute atomic E-state index is 12.6. The minimum absolute atomic E-state index is 0.0739. The maximum Gasteiger partial charge on any atom is 0.258 e. The van der Waals surface area contributed by atoms with Gasteiger partial charge in [0, 0.05) is 10.0 Å². The number of carbonyl (C=O) groups excluding carboxylic acids is 1. The number of ether oxygens (including phenoxy) is 1. The molecular formula is C15H11BrClNO2. The third-order valence-corrected chi connectivity index (χ3v) is 4.37. The van der Waals surface area contributed by atoms with Crippen LogP contribution in [0.4, 0.5) is 5.69 Å². The van der Waals surface area contributed by atoms with Gasteiger partial charge in [-0.25, -0.2) is 0 Å². The quantitative estimate of drug-likeness (QED) is 0.772. The van der Waals surface area contributed by atoms with Crippen molar-refractivity contribution in [2.24, 2.45) is 0 Å². The van der Waals surface area contributed by atoms with Crippen LogP contribution in [0.1, 0.15) is 10.4 Å². The highest BCUT2D eigenvalue weighted by Gasteiger charge is 2.24. The van der Waals surface area contributed by atoms with Gasteiger partial charge < -0.3 is 9.64 Å². The van der Waals surface area contributed by atoms with Gasteiger partial charge >= 0.3 is 0 Å². The van der Waals surface area contributed by atoms with E-state index in [1.165, 1.54) is 0 Å². The van der Waals surface area contributed by atoms with Crippen LogP contribution in [0.25, 0.3) is 0 Å². The maximum atomic E-state index is 12.6. The average Bonchev–Trinajstić information content (AvgIpc) is 2.49. The summed E-state index contributed by atoms with van der Waals surface area (Å²) < 4.78 is 6.33. The van der Waals surface area contributed by atoms with Gasteiger partial charge in [0.2, 0.25) is 0 Å². The topological polar surface area (TPSA) is 29.5 Å². The van der Waals surface area contributed by atoms with Crippen LogP contribution in [-0.2, 0) is 0 Å². The molecule has 0 saturated heterocycles. The second-order valence-corrected chi connectivity index (χ2v) is 5.66. The third kappa shape index (κ3) is 2.41. The Morgan fingerprint density at radius 1 is 1.25 bits per heavy atom. The fourth-order valence-corrected chi connectivity index (χ4v) is 2.59. The number of anilines is 1. The molecule has 1 amide bonds.